The molecule has 10 nitrogen and oxygen atoms in total. The zero-order chi connectivity index (χ0) is 25.4. The molecule has 0 aromatic heterocycles. The molecule has 0 spiro atoms. The molecule has 36 heavy (non-hydrogen) atoms. The highest BCUT2D eigenvalue weighted by molar-refractivity contribution is 6.23. The summed E-state index contributed by atoms with van der Waals surface area (Å²) in [6.45, 7) is -0.939. The molecule has 0 fully saturated rings. The van der Waals surface area contributed by atoms with E-state index in [0.717, 1.165) is 9.80 Å². The molecule has 0 aliphatic carbocycles. The molecule has 0 atom stereocenters. The maximum absolute atomic E-state index is 12.5. The maximum atomic E-state index is 12.5. The summed E-state index contributed by atoms with van der Waals surface area (Å²) in [6.07, 6.45) is 0. The van der Waals surface area contributed by atoms with Crippen LogP contribution >= 0.6 is 0 Å². The van der Waals surface area contributed by atoms with Gasteiger partial charge in [0.2, 0.25) is 11.8 Å². The number of carbonyl (C=O) groups is 6. The lowest BCUT2D eigenvalue weighted by Crippen LogP contribution is -2.37. The Bertz CT molecular complexity index is 1300. The van der Waals surface area contributed by atoms with Gasteiger partial charge in [0.15, 0.2) is 0 Å². The van der Waals surface area contributed by atoms with Gasteiger partial charge in [-0.15, -0.1) is 0 Å². The van der Waals surface area contributed by atoms with Crippen molar-refractivity contribution in [1.82, 2.24) is 9.80 Å². The number of imide groups is 2. The molecule has 0 saturated heterocycles. The lowest BCUT2D eigenvalue weighted by molar-refractivity contribution is -0.117. The molecule has 0 unspecified atom stereocenters. The topological polar surface area (TPSA) is 133 Å². The Morgan fingerprint density at radius 2 is 0.861 bits per heavy atom. The van der Waals surface area contributed by atoms with Crippen molar-refractivity contribution in [2.24, 2.45) is 0 Å². The van der Waals surface area contributed by atoms with Gasteiger partial charge in [-0.25, -0.2) is 0 Å². The molecule has 0 radical (unpaired) electrons. The van der Waals surface area contributed by atoms with E-state index in [1.165, 1.54) is 30.3 Å². The fourth-order valence-corrected chi connectivity index (χ4v) is 4.13. The number of anilines is 2. The van der Waals surface area contributed by atoms with Crippen LogP contribution in [0.4, 0.5) is 11.4 Å². The van der Waals surface area contributed by atoms with Crippen LogP contribution in [0.15, 0.2) is 72.8 Å². The van der Waals surface area contributed by atoms with Crippen molar-refractivity contribution in [3.8, 4) is 0 Å². The number of nitrogens with zero attached hydrogens (tertiary/aromatic N) is 2. The molecular weight excluding hydrogens is 464 g/mol. The van der Waals surface area contributed by atoms with Crippen molar-refractivity contribution in [3.05, 3.63) is 95.1 Å². The van der Waals surface area contributed by atoms with E-state index in [1.54, 1.807) is 42.5 Å². The minimum atomic E-state index is -0.598. The summed E-state index contributed by atoms with van der Waals surface area (Å²) in [6, 6.07) is 18.9. The first-order valence-electron chi connectivity index (χ1n) is 10.9. The van der Waals surface area contributed by atoms with Gasteiger partial charge in [-0.05, 0) is 42.5 Å². The minimum Gasteiger partial charge on any atom is -0.324 e. The first-order valence-corrected chi connectivity index (χ1v) is 10.9. The SMILES string of the molecule is O=C(CN1C(=O)c2ccccc2C1=O)Nc1cccc(NC(=O)CN2C(=O)c3ccccc3C2=O)c1. The van der Waals surface area contributed by atoms with Gasteiger partial charge in [-0.3, -0.25) is 38.6 Å². The number of rotatable bonds is 6. The van der Waals surface area contributed by atoms with Gasteiger partial charge in [-0.2, -0.15) is 0 Å². The number of hydrogen-bond donors (Lipinski definition) is 2. The highest BCUT2D eigenvalue weighted by Gasteiger charge is 2.37. The average Bonchev–Trinajstić information content (AvgIpc) is 3.25. The Kier molecular flexibility index (Phi) is 5.61. The van der Waals surface area contributed by atoms with Crippen molar-refractivity contribution in [3.63, 3.8) is 0 Å². The summed E-state index contributed by atoms with van der Waals surface area (Å²) >= 11 is 0. The maximum Gasteiger partial charge on any atom is 0.262 e. The number of nitrogens with one attached hydrogen (secondary N) is 2. The largest absolute Gasteiger partial charge is 0.324 e. The zero-order valence-corrected chi connectivity index (χ0v) is 18.7. The van der Waals surface area contributed by atoms with Gasteiger partial charge in [0.1, 0.15) is 13.1 Å². The van der Waals surface area contributed by atoms with Crippen LogP contribution in [0, 0.1) is 0 Å². The van der Waals surface area contributed by atoms with Crippen molar-refractivity contribution in [1.29, 1.82) is 0 Å². The molecule has 0 saturated carbocycles. The molecule has 2 aliphatic heterocycles. The summed E-state index contributed by atoms with van der Waals surface area (Å²) in [5.74, 6) is -3.36. The van der Waals surface area contributed by atoms with E-state index in [1.807, 2.05) is 0 Å². The fourth-order valence-electron chi connectivity index (χ4n) is 4.13. The summed E-state index contributed by atoms with van der Waals surface area (Å²) < 4.78 is 0. The Labute approximate surface area is 204 Å². The molecule has 3 aromatic rings. The van der Waals surface area contributed by atoms with Crippen LogP contribution in [0.3, 0.4) is 0 Å². The smallest absolute Gasteiger partial charge is 0.262 e. The number of fused-ring (bicyclic) bond motifs is 2. The average molecular weight is 482 g/mol. The summed E-state index contributed by atoms with van der Waals surface area (Å²) in [5.41, 5.74) is 1.62. The van der Waals surface area contributed by atoms with Crippen molar-refractivity contribution in [2.45, 2.75) is 0 Å². The van der Waals surface area contributed by atoms with Crippen LogP contribution < -0.4 is 10.6 Å². The van der Waals surface area contributed by atoms with E-state index in [9.17, 15) is 28.8 Å². The molecule has 5 rings (SSSR count). The lowest BCUT2D eigenvalue weighted by Gasteiger charge is -2.15. The van der Waals surface area contributed by atoms with Crippen molar-refractivity contribution >= 4 is 46.8 Å². The molecule has 2 heterocycles. The third-order valence-electron chi connectivity index (χ3n) is 5.79. The minimum absolute atomic E-state index is 0.248. The standard InChI is InChI=1S/C26H18N4O6/c31-21(13-29-23(33)17-8-1-2-9-18(17)24(29)34)27-15-6-5-7-16(12-15)28-22(32)14-30-25(35)19-10-3-4-11-20(19)26(30)36/h1-12H,13-14H2,(H,27,31)(H,28,32). The highest BCUT2D eigenvalue weighted by atomic mass is 16.2. The third-order valence-corrected chi connectivity index (χ3v) is 5.79. The normalized spacial score (nSPS) is 14.1. The van der Waals surface area contributed by atoms with Gasteiger partial charge >= 0.3 is 0 Å². The van der Waals surface area contributed by atoms with Crippen LogP contribution in [-0.2, 0) is 9.59 Å². The number of benzene rings is 3. The molecule has 0 bridgehead atoms. The quantitative estimate of drug-likeness (QED) is 0.518. The van der Waals surface area contributed by atoms with E-state index < -0.39 is 48.5 Å². The second-order valence-corrected chi connectivity index (χ2v) is 8.16. The predicted octanol–water partition coefficient (Wildman–Crippen LogP) is 2.16. The Morgan fingerprint density at radius 3 is 1.19 bits per heavy atom. The molecule has 178 valence electrons. The third kappa shape index (κ3) is 4.00. The monoisotopic (exact) mass is 482 g/mol. The number of amides is 6. The first kappa shape index (κ1) is 22.7. The van der Waals surface area contributed by atoms with Crippen molar-refractivity contribution in [2.75, 3.05) is 23.7 Å². The molecule has 10 heteroatoms. The Balaban J connectivity index is 1.20. The Morgan fingerprint density at radius 1 is 0.528 bits per heavy atom. The number of carbonyl (C=O) groups excluding carboxylic acids is 6. The predicted molar refractivity (Wildman–Crippen MR) is 127 cm³/mol. The fraction of sp³-hybridized carbons (Fsp3) is 0.0769. The van der Waals surface area contributed by atoms with E-state index >= 15 is 0 Å². The second kappa shape index (κ2) is 8.91. The summed E-state index contributed by atoms with van der Waals surface area (Å²) in [7, 11) is 0. The van der Waals surface area contributed by atoms with Crippen LogP contribution in [0.2, 0.25) is 0 Å². The van der Waals surface area contributed by atoms with Gasteiger partial charge < -0.3 is 10.6 Å². The van der Waals surface area contributed by atoms with Crippen LogP contribution in [-0.4, -0.2) is 58.3 Å². The zero-order valence-electron chi connectivity index (χ0n) is 18.7. The lowest BCUT2D eigenvalue weighted by atomic mass is 10.1. The second-order valence-electron chi connectivity index (χ2n) is 8.16. The molecule has 3 aromatic carbocycles. The molecule has 2 N–H and O–H groups in total. The van der Waals surface area contributed by atoms with Gasteiger partial charge in [0, 0.05) is 11.4 Å². The van der Waals surface area contributed by atoms with Gasteiger partial charge in [-0.1, -0.05) is 30.3 Å². The molecule has 6 amide bonds. The number of hydrogen-bond acceptors (Lipinski definition) is 6. The summed E-state index contributed by atoms with van der Waals surface area (Å²) in [4.78, 5) is 76.6. The van der Waals surface area contributed by atoms with Crippen LogP contribution in [0.5, 0.6) is 0 Å². The van der Waals surface area contributed by atoms with Gasteiger partial charge in [0.05, 0.1) is 22.3 Å². The molecular formula is C26H18N4O6. The van der Waals surface area contributed by atoms with Crippen LogP contribution in [0.25, 0.3) is 0 Å². The first-order chi connectivity index (χ1) is 17.3. The van der Waals surface area contributed by atoms with E-state index in [2.05, 4.69) is 10.6 Å². The summed E-state index contributed by atoms with van der Waals surface area (Å²) in [5, 5.41) is 5.19. The highest BCUT2D eigenvalue weighted by Crippen LogP contribution is 2.24. The van der Waals surface area contributed by atoms with E-state index in [-0.39, 0.29) is 22.3 Å². The van der Waals surface area contributed by atoms with Crippen molar-refractivity contribution < 1.29 is 28.8 Å². The Hall–Kier alpha value is -5.12. The van der Waals surface area contributed by atoms with Crippen LogP contribution in [0.1, 0.15) is 41.4 Å². The van der Waals surface area contributed by atoms with E-state index in [4.69, 9.17) is 0 Å². The molecule has 2 aliphatic rings. The van der Waals surface area contributed by atoms with Gasteiger partial charge in [0.25, 0.3) is 23.6 Å². The van der Waals surface area contributed by atoms with E-state index in [0.29, 0.717) is 11.4 Å².